The van der Waals surface area contributed by atoms with Crippen LogP contribution in [-0.2, 0) is 0 Å². The number of para-hydroxylation sites is 1. The molecule has 0 saturated carbocycles. The molecular formula is C27H21NOSe. The molecule has 0 aliphatic carbocycles. The van der Waals surface area contributed by atoms with E-state index in [-0.39, 0.29) is 20.7 Å². The fraction of sp³-hybridized carbons (Fsp3) is 0. The third-order valence-electron chi connectivity index (χ3n) is 4.55. The first-order chi connectivity index (χ1) is 14.8. The molecule has 0 aliphatic rings. The Morgan fingerprint density at radius 2 is 1.17 bits per heavy atom. The standard InChI is InChI=1S/C27H21NOSe/c29-26(22-14-6-2-7-15-22)20-25(21-12-4-1-5-13-21)28-24-18-10-11-19-27(24)30-23-16-8-3-9-17-23/h1-20,28H/b25-20-. The van der Waals surface area contributed by atoms with E-state index in [1.54, 1.807) is 6.08 Å². The molecule has 146 valence electrons. The van der Waals surface area contributed by atoms with Crippen LogP contribution < -0.4 is 14.2 Å². The molecule has 0 heterocycles. The number of allylic oxidation sites excluding steroid dienone is 1. The molecule has 1 N–H and O–H groups in total. The van der Waals surface area contributed by atoms with Crippen molar-refractivity contribution in [2.75, 3.05) is 5.32 Å². The van der Waals surface area contributed by atoms with Gasteiger partial charge in [0.1, 0.15) is 0 Å². The number of benzene rings is 4. The monoisotopic (exact) mass is 455 g/mol. The van der Waals surface area contributed by atoms with Crippen molar-refractivity contribution in [2.24, 2.45) is 0 Å². The van der Waals surface area contributed by atoms with Crippen molar-refractivity contribution in [1.29, 1.82) is 0 Å². The second-order valence-electron chi connectivity index (χ2n) is 6.69. The van der Waals surface area contributed by atoms with E-state index in [0.717, 1.165) is 16.9 Å². The van der Waals surface area contributed by atoms with Crippen LogP contribution in [0.5, 0.6) is 0 Å². The van der Waals surface area contributed by atoms with Crippen LogP contribution in [0.1, 0.15) is 15.9 Å². The number of ketones is 1. The van der Waals surface area contributed by atoms with Crippen LogP contribution in [0.4, 0.5) is 5.69 Å². The Balaban J connectivity index is 1.68. The second kappa shape index (κ2) is 9.89. The van der Waals surface area contributed by atoms with Gasteiger partial charge >= 0.3 is 184 Å². The third-order valence-corrected chi connectivity index (χ3v) is 6.82. The summed E-state index contributed by atoms with van der Waals surface area (Å²) in [7, 11) is 0. The normalized spacial score (nSPS) is 11.1. The molecule has 0 saturated heterocycles. The quantitative estimate of drug-likeness (QED) is 0.250. The molecule has 2 nitrogen and oxygen atoms in total. The van der Waals surface area contributed by atoms with Gasteiger partial charge in [0, 0.05) is 0 Å². The number of carbonyl (C=O) groups excluding carboxylic acids is 1. The number of carbonyl (C=O) groups is 1. The van der Waals surface area contributed by atoms with Crippen LogP contribution >= 0.6 is 0 Å². The van der Waals surface area contributed by atoms with Gasteiger partial charge in [-0.1, -0.05) is 0 Å². The Bertz CT molecular complexity index is 1140. The summed E-state index contributed by atoms with van der Waals surface area (Å²) in [5.41, 5.74) is 3.47. The van der Waals surface area contributed by atoms with Gasteiger partial charge in [-0.15, -0.1) is 0 Å². The Morgan fingerprint density at radius 3 is 1.83 bits per heavy atom. The Labute approximate surface area is 183 Å². The molecule has 0 amide bonds. The van der Waals surface area contributed by atoms with Crippen molar-refractivity contribution >= 4 is 41.0 Å². The molecule has 0 bridgehead atoms. The maximum atomic E-state index is 12.9. The number of rotatable bonds is 7. The summed E-state index contributed by atoms with van der Waals surface area (Å²) >= 11 is 0.163. The van der Waals surface area contributed by atoms with Gasteiger partial charge in [-0.3, -0.25) is 0 Å². The van der Waals surface area contributed by atoms with E-state index in [9.17, 15) is 4.79 Å². The summed E-state index contributed by atoms with van der Waals surface area (Å²) in [6.07, 6.45) is 1.69. The molecule has 0 fully saturated rings. The van der Waals surface area contributed by atoms with Crippen LogP contribution in [-0.4, -0.2) is 20.7 Å². The Kier molecular flexibility index (Phi) is 6.56. The van der Waals surface area contributed by atoms with Crippen LogP contribution in [0.15, 0.2) is 121 Å². The van der Waals surface area contributed by atoms with Crippen molar-refractivity contribution < 1.29 is 4.79 Å². The second-order valence-corrected chi connectivity index (χ2v) is 9.03. The number of anilines is 1. The van der Waals surface area contributed by atoms with Gasteiger partial charge in [0.2, 0.25) is 0 Å². The Morgan fingerprint density at radius 1 is 0.633 bits per heavy atom. The fourth-order valence-electron chi connectivity index (χ4n) is 3.05. The summed E-state index contributed by atoms with van der Waals surface area (Å²) in [4.78, 5) is 12.9. The topological polar surface area (TPSA) is 29.1 Å². The van der Waals surface area contributed by atoms with E-state index in [4.69, 9.17) is 0 Å². The van der Waals surface area contributed by atoms with Crippen LogP contribution in [0, 0.1) is 0 Å². The van der Waals surface area contributed by atoms with Crippen molar-refractivity contribution in [1.82, 2.24) is 0 Å². The first-order valence-corrected chi connectivity index (χ1v) is 11.5. The van der Waals surface area contributed by atoms with Gasteiger partial charge in [0.05, 0.1) is 0 Å². The van der Waals surface area contributed by atoms with Crippen molar-refractivity contribution in [2.45, 2.75) is 0 Å². The summed E-state index contributed by atoms with van der Waals surface area (Å²) in [5.74, 6) is -0.0204. The molecule has 0 unspecified atom stereocenters. The maximum absolute atomic E-state index is 12.9. The van der Waals surface area contributed by atoms with Crippen LogP contribution in [0.25, 0.3) is 5.70 Å². The predicted molar refractivity (Wildman–Crippen MR) is 127 cm³/mol. The molecule has 4 aromatic carbocycles. The van der Waals surface area contributed by atoms with E-state index >= 15 is 0 Å². The van der Waals surface area contributed by atoms with Gasteiger partial charge in [-0.25, -0.2) is 0 Å². The van der Waals surface area contributed by atoms with E-state index < -0.39 is 0 Å². The minimum absolute atomic E-state index is 0.0204. The molecule has 0 spiro atoms. The summed E-state index contributed by atoms with van der Waals surface area (Å²) in [6, 6.07) is 38.1. The van der Waals surface area contributed by atoms with Crippen molar-refractivity contribution in [3.63, 3.8) is 0 Å². The SMILES string of the molecule is O=C(/C=C(\Nc1ccccc1[Se]c1ccccc1)c1ccccc1)c1ccccc1. The molecule has 0 aromatic heterocycles. The average molecular weight is 454 g/mol. The number of hydrogen-bond acceptors (Lipinski definition) is 2. The zero-order valence-corrected chi connectivity index (χ0v) is 18.1. The first-order valence-electron chi connectivity index (χ1n) is 9.75. The van der Waals surface area contributed by atoms with E-state index in [1.807, 2.05) is 72.8 Å². The van der Waals surface area contributed by atoms with E-state index in [2.05, 4.69) is 47.8 Å². The zero-order valence-electron chi connectivity index (χ0n) is 16.4. The molecule has 4 rings (SSSR count). The van der Waals surface area contributed by atoms with Gasteiger partial charge in [-0.05, 0) is 0 Å². The summed E-state index contributed by atoms with van der Waals surface area (Å²) in [5, 5.41) is 3.54. The molecule has 0 atom stereocenters. The number of hydrogen-bond donors (Lipinski definition) is 1. The summed E-state index contributed by atoms with van der Waals surface area (Å²) in [6.45, 7) is 0. The summed E-state index contributed by atoms with van der Waals surface area (Å²) < 4.78 is 2.55. The van der Waals surface area contributed by atoms with Crippen molar-refractivity contribution in [3.8, 4) is 0 Å². The van der Waals surface area contributed by atoms with Gasteiger partial charge < -0.3 is 0 Å². The first kappa shape index (κ1) is 19.9. The molecule has 4 aromatic rings. The fourth-order valence-corrected chi connectivity index (χ4v) is 4.98. The average Bonchev–Trinajstić information content (AvgIpc) is 2.81. The zero-order chi connectivity index (χ0) is 20.6. The molecule has 0 aliphatic heterocycles. The minimum atomic E-state index is -0.0204. The molecule has 3 heteroatoms. The van der Waals surface area contributed by atoms with Crippen LogP contribution in [0.3, 0.4) is 0 Å². The van der Waals surface area contributed by atoms with E-state index in [0.29, 0.717) is 5.56 Å². The molecule has 30 heavy (non-hydrogen) atoms. The Hall–Kier alpha value is -3.39. The number of nitrogens with one attached hydrogen (secondary N) is 1. The van der Waals surface area contributed by atoms with Crippen LogP contribution in [0.2, 0.25) is 0 Å². The van der Waals surface area contributed by atoms with Gasteiger partial charge in [0.15, 0.2) is 0 Å². The van der Waals surface area contributed by atoms with Gasteiger partial charge in [-0.2, -0.15) is 0 Å². The third kappa shape index (κ3) is 5.15. The molecule has 0 radical (unpaired) electrons. The molecular weight excluding hydrogens is 433 g/mol. The van der Waals surface area contributed by atoms with Gasteiger partial charge in [0.25, 0.3) is 0 Å². The predicted octanol–water partition coefficient (Wildman–Crippen LogP) is 4.68. The van der Waals surface area contributed by atoms with E-state index in [1.165, 1.54) is 8.92 Å². The van der Waals surface area contributed by atoms with Crippen molar-refractivity contribution in [3.05, 3.63) is 132 Å².